The van der Waals surface area contributed by atoms with Gasteiger partial charge in [-0.15, -0.1) is 5.10 Å². The Morgan fingerprint density at radius 1 is 1.30 bits per heavy atom. The normalized spacial score (nSPS) is 17.7. The highest BCUT2D eigenvalue weighted by molar-refractivity contribution is 7.92. The van der Waals surface area contributed by atoms with E-state index in [4.69, 9.17) is 0 Å². The van der Waals surface area contributed by atoms with Crippen LogP contribution in [0.2, 0.25) is 0 Å². The van der Waals surface area contributed by atoms with Crippen molar-refractivity contribution in [3.05, 3.63) is 18.3 Å². The van der Waals surface area contributed by atoms with E-state index in [-0.39, 0.29) is 11.7 Å². The average Bonchev–Trinajstić information content (AvgIpc) is 2.80. The second-order valence-electron chi connectivity index (χ2n) is 5.76. The number of carbonyl (C=O) groups excluding carboxylic acids is 1. The monoisotopic (exact) mass is 340 g/mol. The lowest BCUT2D eigenvalue weighted by molar-refractivity contribution is -0.130. The van der Waals surface area contributed by atoms with E-state index in [0.717, 1.165) is 18.8 Å². The lowest BCUT2D eigenvalue weighted by Crippen LogP contribution is -2.44. The molecular formula is C15H24N4O3S. The molecule has 0 spiro atoms. The number of amides is 1. The van der Waals surface area contributed by atoms with Gasteiger partial charge >= 0.3 is 0 Å². The summed E-state index contributed by atoms with van der Waals surface area (Å²) in [5, 5.41) is 7.00. The van der Waals surface area contributed by atoms with Gasteiger partial charge in [-0.3, -0.25) is 4.79 Å². The van der Waals surface area contributed by atoms with Crippen molar-refractivity contribution in [1.82, 2.24) is 15.1 Å². The van der Waals surface area contributed by atoms with Crippen LogP contribution < -0.4 is 4.90 Å². The van der Waals surface area contributed by atoms with E-state index in [1.54, 1.807) is 18.0 Å². The Bertz CT molecular complexity index is 621. The molecule has 1 aromatic rings. The highest BCUT2D eigenvalue weighted by Gasteiger charge is 2.31. The fourth-order valence-corrected chi connectivity index (χ4v) is 4.08. The molecule has 2 rings (SSSR count). The van der Waals surface area contributed by atoms with E-state index in [1.807, 2.05) is 12.1 Å². The van der Waals surface area contributed by atoms with Gasteiger partial charge in [0.2, 0.25) is 5.91 Å². The van der Waals surface area contributed by atoms with Crippen molar-refractivity contribution < 1.29 is 13.2 Å². The summed E-state index contributed by atoms with van der Waals surface area (Å²) in [6, 6.07) is 3.72. The molecule has 1 aliphatic heterocycles. The SMILES string of the molecule is CCCS(=O)(=O)[C@@H](C)C(=O)N1CCCN(c2cccnn2)CC1. The number of carbonyl (C=O) groups is 1. The Labute approximate surface area is 137 Å². The fourth-order valence-electron chi connectivity index (χ4n) is 2.70. The molecule has 1 fully saturated rings. The van der Waals surface area contributed by atoms with Crippen LogP contribution in [0.5, 0.6) is 0 Å². The van der Waals surface area contributed by atoms with E-state index in [1.165, 1.54) is 6.92 Å². The summed E-state index contributed by atoms with van der Waals surface area (Å²) < 4.78 is 24.2. The third kappa shape index (κ3) is 4.40. The number of hydrogen-bond donors (Lipinski definition) is 0. The topological polar surface area (TPSA) is 83.5 Å². The quantitative estimate of drug-likeness (QED) is 0.786. The number of sulfone groups is 1. The Morgan fingerprint density at radius 3 is 2.74 bits per heavy atom. The van der Waals surface area contributed by atoms with Crippen molar-refractivity contribution in [3.8, 4) is 0 Å². The van der Waals surface area contributed by atoms with Crippen LogP contribution in [0.4, 0.5) is 5.82 Å². The molecule has 0 N–H and O–H groups in total. The molecule has 1 amide bonds. The van der Waals surface area contributed by atoms with Crippen LogP contribution in [0.1, 0.15) is 26.7 Å². The molecule has 1 saturated heterocycles. The summed E-state index contributed by atoms with van der Waals surface area (Å²) in [4.78, 5) is 16.3. The van der Waals surface area contributed by atoms with Crippen molar-refractivity contribution in [2.75, 3.05) is 36.8 Å². The number of rotatable bonds is 5. The van der Waals surface area contributed by atoms with Gasteiger partial charge in [-0.25, -0.2) is 8.42 Å². The van der Waals surface area contributed by atoms with E-state index in [9.17, 15) is 13.2 Å². The first-order valence-corrected chi connectivity index (χ1v) is 9.70. The van der Waals surface area contributed by atoms with Crippen molar-refractivity contribution in [2.24, 2.45) is 0 Å². The zero-order chi connectivity index (χ0) is 16.9. The van der Waals surface area contributed by atoms with Crippen LogP contribution in [0.25, 0.3) is 0 Å². The standard InChI is InChI=1S/C15H24N4O3S/c1-3-12-23(21,22)13(2)15(20)19-9-5-8-18(10-11-19)14-6-4-7-16-17-14/h4,6-7,13H,3,5,8-12H2,1-2H3/t13-/m0/s1. The lowest BCUT2D eigenvalue weighted by atomic mass is 10.3. The molecule has 0 saturated carbocycles. The van der Waals surface area contributed by atoms with Crippen molar-refractivity contribution in [3.63, 3.8) is 0 Å². The molecular weight excluding hydrogens is 316 g/mol. The minimum Gasteiger partial charge on any atom is -0.353 e. The molecule has 0 unspecified atom stereocenters. The van der Waals surface area contributed by atoms with E-state index in [0.29, 0.717) is 26.1 Å². The highest BCUT2D eigenvalue weighted by Crippen LogP contribution is 2.14. The van der Waals surface area contributed by atoms with Crippen molar-refractivity contribution in [2.45, 2.75) is 31.9 Å². The number of anilines is 1. The molecule has 128 valence electrons. The summed E-state index contributed by atoms with van der Waals surface area (Å²) in [6.07, 6.45) is 2.93. The number of aromatic nitrogens is 2. The molecule has 0 aromatic carbocycles. The van der Waals surface area contributed by atoms with E-state index >= 15 is 0 Å². The smallest absolute Gasteiger partial charge is 0.240 e. The van der Waals surface area contributed by atoms with Gasteiger partial charge in [0.15, 0.2) is 15.7 Å². The molecule has 0 aliphatic carbocycles. The van der Waals surface area contributed by atoms with Crippen LogP contribution in [0.15, 0.2) is 18.3 Å². The first kappa shape index (κ1) is 17.7. The van der Waals surface area contributed by atoms with Crippen LogP contribution in [-0.2, 0) is 14.6 Å². The maximum absolute atomic E-state index is 12.5. The fraction of sp³-hybridized carbons (Fsp3) is 0.667. The molecule has 1 aliphatic rings. The molecule has 0 radical (unpaired) electrons. The molecule has 23 heavy (non-hydrogen) atoms. The summed E-state index contributed by atoms with van der Waals surface area (Å²) in [6.45, 7) is 5.78. The van der Waals surface area contributed by atoms with Crippen LogP contribution in [0.3, 0.4) is 0 Å². The summed E-state index contributed by atoms with van der Waals surface area (Å²) in [7, 11) is -3.36. The van der Waals surface area contributed by atoms with Crippen LogP contribution >= 0.6 is 0 Å². The predicted molar refractivity (Wildman–Crippen MR) is 89.0 cm³/mol. The third-order valence-electron chi connectivity index (χ3n) is 4.06. The molecule has 1 aromatic heterocycles. The number of nitrogens with zero attached hydrogens (tertiary/aromatic N) is 4. The van der Waals surface area contributed by atoms with E-state index in [2.05, 4.69) is 15.1 Å². The van der Waals surface area contributed by atoms with Crippen LogP contribution in [-0.4, -0.2) is 66.6 Å². The number of hydrogen-bond acceptors (Lipinski definition) is 6. The van der Waals surface area contributed by atoms with Gasteiger partial charge in [-0.05, 0) is 31.9 Å². The summed E-state index contributed by atoms with van der Waals surface area (Å²) in [5.74, 6) is 0.548. The Balaban J connectivity index is 2.01. The second kappa shape index (κ2) is 7.72. The van der Waals surface area contributed by atoms with Gasteiger partial charge in [0.05, 0.1) is 5.75 Å². The Kier molecular flexibility index (Phi) is 5.92. The summed E-state index contributed by atoms with van der Waals surface area (Å²) >= 11 is 0. The molecule has 2 heterocycles. The van der Waals surface area contributed by atoms with Gasteiger partial charge in [0.1, 0.15) is 5.25 Å². The molecule has 8 heteroatoms. The van der Waals surface area contributed by atoms with E-state index < -0.39 is 15.1 Å². The first-order valence-electron chi connectivity index (χ1n) is 7.98. The summed E-state index contributed by atoms with van der Waals surface area (Å²) in [5.41, 5.74) is 0. The predicted octanol–water partition coefficient (Wildman–Crippen LogP) is 0.729. The maximum atomic E-state index is 12.5. The zero-order valence-electron chi connectivity index (χ0n) is 13.7. The third-order valence-corrected chi connectivity index (χ3v) is 6.32. The Morgan fingerprint density at radius 2 is 2.09 bits per heavy atom. The van der Waals surface area contributed by atoms with Crippen molar-refractivity contribution in [1.29, 1.82) is 0 Å². The minimum atomic E-state index is -3.36. The van der Waals surface area contributed by atoms with Gasteiger partial charge in [0.25, 0.3) is 0 Å². The minimum absolute atomic E-state index is 0.0550. The molecule has 0 bridgehead atoms. The first-order chi connectivity index (χ1) is 11.0. The highest BCUT2D eigenvalue weighted by atomic mass is 32.2. The van der Waals surface area contributed by atoms with Crippen molar-refractivity contribution >= 4 is 21.6 Å². The van der Waals surface area contributed by atoms with Gasteiger partial charge < -0.3 is 9.80 Å². The zero-order valence-corrected chi connectivity index (χ0v) is 14.5. The maximum Gasteiger partial charge on any atom is 0.240 e. The largest absolute Gasteiger partial charge is 0.353 e. The van der Waals surface area contributed by atoms with Gasteiger partial charge in [-0.1, -0.05) is 6.92 Å². The average molecular weight is 340 g/mol. The molecule has 7 nitrogen and oxygen atoms in total. The van der Waals surface area contributed by atoms with Gasteiger partial charge in [0, 0.05) is 32.4 Å². The van der Waals surface area contributed by atoms with Crippen LogP contribution in [0, 0.1) is 0 Å². The second-order valence-corrected chi connectivity index (χ2v) is 8.20. The molecule has 1 atom stereocenters. The Hall–Kier alpha value is -1.70. The van der Waals surface area contributed by atoms with Gasteiger partial charge in [-0.2, -0.15) is 5.10 Å². The lowest BCUT2D eigenvalue weighted by Gasteiger charge is -2.24.